The van der Waals surface area contributed by atoms with Gasteiger partial charge in [0.25, 0.3) is 5.91 Å². The molecule has 3 atom stereocenters. The quantitative estimate of drug-likeness (QED) is 0.497. The van der Waals surface area contributed by atoms with Crippen molar-refractivity contribution in [3.05, 3.63) is 102 Å². The maximum absolute atomic E-state index is 13.7. The number of fused-ring (bicyclic) bond motifs is 3. The second-order valence-electron chi connectivity index (χ2n) is 8.41. The standard InChI is InChI=1S/C28H28N2O2/c1-3-30(20-11-5-4-6-12-20)28(31)25-17-9-16-24-22-14-8-15-23(22)26(29-27(24)25)19-10-7-13-21(18-19)32-2/h4-14,16-18,22-23,26,29H,3,15H2,1-2H3. The summed E-state index contributed by atoms with van der Waals surface area (Å²) in [4.78, 5) is 15.6. The topological polar surface area (TPSA) is 41.6 Å². The molecule has 0 aromatic heterocycles. The third-order valence-electron chi connectivity index (χ3n) is 6.71. The number of hydrogen-bond donors (Lipinski definition) is 1. The summed E-state index contributed by atoms with van der Waals surface area (Å²) in [5, 5.41) is 3.77. The van der Waals surface area contributed by atoms with E-state index in [0.717, 1.165) is 29.1 Å². The molecule has 0 spiro atoms. The van der Waals surface area contributed by atoms with Crippen LogP contribution in [-0.2, 0) is 0 Å². The molecule has 0 radical (unpaired) electrons. The van der Waals surface area contributed by atoms with Crippen molar-refractivity contribution in [3.63, 3.8) is 0 Å². The Hall–Kier alpha value is -3.53. The zero-order valence-electron chi connectivity index (χ0n) is 18.5. The lowest BCUT2D eigenvalue weighted by molar-refractivity contribution is 0.0988. The Bertz CT molecular complexity index is 1160. The fourth-order valence-electron chi connectivity index (χ4n) is 5.16. The monoisotopic (exact) mass is 424 g/mol. The van der Waals surface area contributed by atoms with E-state index in [-0.39, 0.29) is 11.9 Å². The van der Waals surface area contributed by atoms with Crippen LogP contribution in [0.15, 0.2) is 84.9 Å². The van der Waals surface area contributed by atoms with Crippen molar-refractivity contribution in [3.8, 4) is 5.75 Å². The molecule has 0 bridgehead atoms. The van der Waals surface area contributed by atoms with Crippen LogP contribution in [0, 0.1) is 5.92 Å². The minimum atomic E-state index is 0.0212. The zero-order valence-corrected chi connectivity index (χ0v) is 18.5. The highest BCUT2D eigenvalue weighted by molar-refractivity contribution is 6.10. The number of allylic oxidation sites excluding steroid dienone is 2. The van der Waals surface area contributed by atoms with Gasteiger partial charge in [-0.05, 0) is 60.7 Å². The van der Waals surface area contributed by atoms with Crippen LogP contribution in [0.25, 0.3) is 0 Å². The van der Waals surface area contributed by atoms with Crippen molar-refractivity contribution in [2.75, 3.05) is 23.9 Å². The molecule has 3 unspecified atom stereocenters. The molecule has 1 N–H and O–H groups in total. The lowest BCUT2D eigenvalue weighted by atomic mass is 9.76. The number of anilines is 2. The normalized spacial score (nSPS) is 20.8. The van der Waals surface area contributed by atoms with Crippen LogP contribution in [0.1, 0.15) is 46.8 Å². The highest BCUT2D eigenvalue weighted by Gasteiger charge is 2.39. The molecule has 3 aromatic rings. The summed E-state index contributed by atoms with van der Waals surface area (Å²) < 4.78 is 5.48. The molecule has 2 aliphatic rings. The smallest absolute Gasteiger partial charge is 0.260 e. The molecule has 4 nitrogen and oxygen atoms in total. The molecule has 162 valence electrons. The Kier molecular flexibility index (Phi) is 5.44. The highest BCUT2D eigenvalue weighted by atomic mass is 16.5. The van der Waals surface area contributed by atoms with Crippen LogP contribution in [0.4, 0.5) is 11.4 Å². The summed E-state index contributed by atoms with van der Waals surface area (Å²) in [6.07, 6.45) is 5.60. The molecule has 1 aliphatic heterocycles. The molecule has 1 aliphatic carbocycles. The van der Waals surface area contributed by atoms with Crippen LogP contribution in [0.2, 0.25) is 0 Å². The molecule has 0 saturated heterocycles. The van der Waals surface area contributed by atoms with Gasteiger partial charge in [-0.15, -0.1) is 0 Å². The van der Waals surface area contributed by atoms with Gasteiger partial charge in [-0.2, -0.15) is 0 Å². The van der Waals surface area contributed by atoms with Crippen molar-refractivity contribution >= 4 is 17.3 Å². The third-order valence-corrected chi connectivity index (χ3v) is 6.71. The van der Waals surface area contributed by atoms with E-state index < -0.39 is 0 Å². The number of para-hydroxylation sites is 2. The zero-order chi connectivity index (χ0) is 22.1. The van der Waals surface area contributed by atoms with Crippen LogP contribution in [0.5, 0.6) is 5.75 Å². The molecule has 0 saturated carbocycles. The summed E-state index contributed by atoms with van der Waals surface area (Å²) in [6.45, 7) is 2.63. The van der Waals surface area contributed by atoms with E-state index >= 15 is 0 Å². The lowest BCUT2D eigenvalue weighted by Gasteiger charge is -2.38. The van der Waals surface area contributed by atoms with Gasteiger partial charge in [-0.25, -0.2) is 0 Å². The third kappa shape index (κ3) is 3.46. The second kappa shape index (κ2) is 8.54. The van der Waals surface area contributed by atoms with Crippen molar-refractivity contribution in [1.29, 1.82) is 0 Å². The van der Waals surface area contributed by atoms with Crippen molar-refractivity contribution < 1.29 is 9.53 Å². The van der Waals surface area contributed by atoms with Gasteiger partial charge in [0.1, 0.15) is 5.75 Å². The number of carbonyl (C=O) groups is 1. The van der Waals surface area contributed by atoms with Gasteiger partial charge in [-0.1, -0.05) is 54.6 Å². The SMILES string of the molecule is CCN(C(=O)c1cccc2c1NC(c1cccc(OC)c1)C1CC=CC21)c1ccccc1. The van der Waals surface area contributed by atoms with E-state index in [1.54, 1.807) is 7.11 Å². The number of nitrogens with one attached hydrogen (secondary N) is 1. The summed E-state index contributed by atoms with van der Waals surface area (Å²) in [6, 6.07) is 24.4. The lowest BCUT2D eigenvalue weighted by Crippen LogP contribution is -2.34. The number of methoxy groups -OCH3 is 1. The van der Waals surface area contributed by atoms with Gasteiger partial charge in [-0.3, -0.25) is 4.79 Å². The van der Waals surface area contributed by atoms with Crippen molar-refractivity contribution in [2.24, 2.45) is 5.92 Å². The Labute approximate surface area is 189 Å². The fraction of sp³-hybridized carbons (Fsp3) is 0.250. The second-order valence-corrected chi connectivity index (χ2v) is 8.41. The number of ether oxygens (including phenoxy) is 1. The maximum atomic E-state index is 13.7. The van der Waals surface area contributed by atoms with Gasteiger partial charge >= 0.3 is 0 Å². The number of amides is 1. The average Bonchev–Trinajstić information content (AvgIpc) is 3.34. The van der Waals surface area contributed by atoms with Crippen molar-refractivity contribution in [2.45, 2.75) is 25.3 Å². The molecule has 1 amide bonds. The highest BCUT2D eigenvalue weighted by Crippen LogP contribution is 2.51. The fourth-order valence-corrected chi connectivity index (χ4v) is 5.16. The maximum Gasteiger partial charge on any atom is 0.260 e. The van der Waals surface area contributed by atoms with Crippen LogP contribution >= 0.6 is 0 Å². The van der Waals surface area contributed by atoms with Gasteiger partial charge in [0, 0.05) is 18.2 Å². The summed E-state index contributed by atoms with van der Waals surface area (Å²) >= 11 is 0. The Morgan fingerprint density at radius 3 is 2.66 bits per heavy atom. The molecule has 0 fully saturated rings. The van der Waals surface area contributed by atoms with Gasteiger partial charge in [0.05, 0.1) is 24.4 Å². The molecule has 32 heavy (non-hydrogen) atoms. The Morgan fingerprint density at radius 2 is 1.88 bits per heavy atom. The molecular formula is C28H28N2O2. The number of rotatable bonds is 5. The first kappa shape index (κ1) is 20.4. The first-order valence-corrected chi connectivity index (χ1v) is 11.3. The summed E-state index contributed by atoms with van der Waals surface area (Å²) in [7, 11) is 1.70. The molecule has 3 aromatic carbocycles. The minimum absolute atomic E-state index is 0.0212. The average molecular weight is 425 g/mol. The number of nitrogens with zero attached hydrogens (tertiary/aromatic N) is 1. The first-order chi connectivity index (χ1) is 15.7. The summed E-state index contributed by atoms with van der Waals surface area (Å²) in [5.74, 6) is 1.58. The number of hydrogen-bond acceptors (Lipinski definition) is 3. The molecule has 1 heterocycles. The molecular weight excluding hydrogens is 396 g/mol. The van der Waals surface area contributed by atoms with Crippen LogP contribution in [-0.4, -0.2) is 19.6 Å². The van der Waals surface area contributed by atoms with Gasteiger partial charge < -0.3 is 15.0 Å². The first-order valence-electron chi connectivity index (χ1n) is 11.3. The van der Waals surface area contributed by atoms with Gasteiger partial charge in [0.2, 0.25) is 0 Å². The number of benzene rings is 3. The largest absolute Gasteiger partial charge is 0.497 e. The minimum Gasteiger partial charge on any atom is -0.497 e. The van der Waals surface area contributed by atoms with E-state index in [0.29, 0.717) is 18.4 Å². The van der Waals surface area contributed by atoms with Crippen LogP contribution < -0.4 is 15.0 Å². The van der Waals surface area contributed by atoms with E-state index in [1.807, 2.05) is 66.4 Å². The van der Waals surface area contributed by atoms with E-state index in [9.17, 15) is 4.79 Å². The Morgan fingerprint density at radius 1 is 1.06 bits per heavy atom. The van der Waals surface area contributed by atoms with E-state index in [1.165, 1.54) is 11.1 Å². The van der Waals surface area contributed by atoms with E-state index in [2.05, 4.69) is 35.7 Å². The van der Waals surface area contributed by atoms with Gasteiger partial charge in [0.15, 0.2) is 0 Å². The Balaban J connectivity index is 1.57. The van der Waals surface area contributed by atoms with Crippen molar-refractivity contribution in [1.82, 2.24) is 0 Å². The predicted octanol–water partition coefficient (Wildman–Crippen LogP) is 6.19. The van der Waals surface area contributed by atoms with E-state index in [4.69, 9.17) is 4.74 Å². The predicted molar refractivity (Wildman–Crippen MR) is 130 cm³/mol. The molecule has 4 heteroatoms. The summed E-state index contributed by atoms with van der Waals surface area (Å²) in [5.41, 5.74) is 4.98. The molecule has 5 rings (SSSR count). The van der Waals surface area contributed by atoms with Crippen LogP contribution in [0.3, 0.4) is 0 Å². The number of carbonyl (C=O) groups excluding carboxylic acids is 1.